The van der Waals surface area contributed by atoms with E-state index in [0.717, 1.165) is 40.2 Å². The number of nitrogens with zero attached hydrogens (tertiary/aromatic N) is 2. The molecule has 154 valence electrons. The van der Waals surface area contributed by atoms with Gasteiger partial charge in [0, 0.05) is 35.2 Å². The molecule has 0 radical (unpaired) electrons. The molecule has 0 bridgehead atoms. The Labute approximate surface area is 178 Å². The molecular weight excluding hydrogens is 396 g/mol. The molecule has 0 aliphatic carbocycles. The predicted octanol–water partition coefficient (Wildman–Crippen LogP) is 5.78. The first kappa shape index (κ1) is 20.2. The third-order valence-corrected chi connectivity index (χ3v) is 4.69. The minimum Gasteiger partial charge on any atom is -0.322 e. The van der Waals surface area contributed by atoms with Gasteiger partial charge in [-0.1, -0.05) is 48.0 Å². The lowest BCUT2D eigenvalue weighted by molar-refractivity contribution is -0.111. The molecule has 6 heteroatoms. The van der Waals surface area contributed by atoms with E-state index in [1.807, 2.05) is 67.7 Å². The number of rotatable bonds is 5. The van der Waals surface area contributed by atoms with E-state index in [9.17, 15) is 13.6 Å². The van der Waals surface area contributed by atoms with Crippen LogP contribution in [0.2, 0.25) is 0 Å². The van der Waals surface area contributed by atoms with Gasteiger partial charge in [-0.05, 0) is 37.3 Å². The van der Waals surface area contributed by atoms with Crippen LogP contribution in [0, 0.1) is 18.6 Å². The molecule has 0 aliphatic rings. The minimum atomic E-state index is -1.02. The number of halogens is 2. The Morgan fingerprint density at radius 2 is 1.71 bits per heavy atom. The molecule has 4 nitrogen and oxygen atoms in total. The van der Waals surface area contributed by atoms with E-state index >= 15 is 0 Å². The van der Waals surface area contributed by atoms with Crippen LogP contribution in [0.1, 0.15) is 11.1 Å². The molecule has 0 atom stereocenters. The molecule has 1 amide bonds. The van der Waals surface area contributed by atoms with E-state index in [4.69, 9.17) is 5.10 Å². The molecule has 1 aromatic heterocycles. The van der Waals surface area contributed by atoms with Gasteiger partial charge >= 0.3 is 0 Å². The quantitative estimate of drug-likeness (QED) is 0.420. The van der Waals surface area contributed by atoms with Crippen LogP contribution in [-0.4, -0.2) is 15.7 Å². The highest BCUT2D eigenvalue weighted by atomic mass is 19.2. The Morgan fingerprint density at radius 3 is 2.42 bits per heavy atom. The fraction of sp³-hybridized carbons (Fsp3) is 0.0400. The van der Waals surface area contributed by atoms with Crippen molar-refractivity contribution in [2.75, 3.05) is 5.32 Å². The third kappa shape index (κ3) is 4.75. The molecule has 0 spiro atoms. The van der Waals surface area contributed by atoms with E-state index in [-0.39, 0.29) is 5.69 Å². The zero-order chi connectivity index (χ0) is 21.8. The standard InChI is InChI=1S/C25H19F2N3O/c1-17-7-9-18(10-8-17)25-19(16-30(29-25)21-5-3-2-4-6-21)11-14-24(31)28-20-12-13-22(26)23(27)15-20/h2-16H,1H3,(H,28,31)/b14-11+. The summed E-state index contributed by atoms with van der Waals surface area (Å²) in [5.74, 6) is -2.45. The summed E-state index contributed by atoms with van der Waals surface area (Å²) in [7, 11) is 0. The van der Waals surface area contributed by atoms with Gasteiger partial charge in [0.05, 0.1) is 11.4 Å². The molecule has 3 aromatic carbocycles. The highest BCUT2D eigenvalue weighted by molar-refractivity contribution is 6.02. The van der Waals surface area contributed by atoms with Crippen molar-refractivity contribution in [1.82, 2.24) is 9.78 Å². The van der Waals surface area contributed by atoms with Gasteiger partial charge in [0.1, 0.15) is 0 Å². The molecule has 4 aromatic rings. The van der Waals surface area contributed by atoms with Crippen LogP contribution in [0.3, 0.4) is 0 Å². The Kier molecular flexibility index (Phi) is 5.71. The van der Waals surface area contributed by atoms with Gasteiger partial charge in [-0.3, -0.25) is 4.79 Å². The van der Waals surface area contributed by atoms with Gasteiger partial charge < -0.3 is 5.32 Å². The van der Waals surface area contributed by atoms with Crippen LogP contribution in [0.25, 0.3) is 23.0 Å². The van der Waals surface area contributed by atoms with Gasteiger partial charge in [0.25, 0.3) is 0 Å². The number of hydrogen-bond acceptors (Lipinski definition) is 2. The van der Waals surface area contributed by atoms with Crippen LogP contribution in [0.4, 0.5) is 14.5 Å². The van der Waals surface area contributed by atoms with E-state index in [1.165, 1.54) is 12.1 Å². The fourth-order valence-corrected chi connectivity index (χ4v) is 3.08. The summed E-state index contributed by atoms with van der Waals surface area (Å²) in [6.45, 7) is 2.01. The van der Waals surface area contributed by atoms with E-state index in [2.05, 4.69) is 5.32 Å². The van der Waals surface area contributed by atoms with Crippen molar-refractivity contribution in [2.24, 2.45) is 0 Å². The average Bonchev–Trinajstić information content (AvgIpc) is 3.20. The molecule has 31 heavy (non-hydrogen) atoms. The van der Waals surface area contributed by atoms with Crippen molar-refractivity contribution in [3.8, 4) is 16.9 Å². The van der Waals surface area contributed by atoms with Crippen molar-refractivity contribution >= 4 is 17.7 Å². The molecule has 0 fully saturated rings. The minimum absolute atomic E-state index is 0.173. The second-order valence-corrected chi connectivity index (χ2v) is 7.03. The Morgan fingerprint density at radius 1 is 0.968 bits per heavy atom. The van der Waals surface area contributed by atoms with Crippen LogP contribution in [0.5, 0.6) is 0 Å². The third-order valence-electron chi connectivity index (χ3n) is 4.69. The van der Waals surface area contributed by atoms with Crippen molar-refractivity contribution in [2.45, 2.75) is 6.92 Å². The maximum atomic E-state index is 13.4. The smallest absolute Gasteiger partial charge is 0.248 e. The monoisotopic (exact) mass is 415 g/mol. The van der Waals surface area contributed by atoms with Gasteiger partial charge in [-0.15, -0.1) is 0 Å². The number of amides is 1. The highest BCUT2D eigenvalue weighted by Gasteiger charge is 2.11. The van der Waals surface area contributed by atoms with Crippen molar-refractivity contribution in [1.29, 1.82) is 0 Å². The Balaban J connectivity index is 1.64. The van der Waals surface area contributed by atoms with E-state index < -0.39 is 17.5 Å². The van der Waals surface area contributed by atoms with Crippen molar-refractivity contribution < 1.29 is 13.6 Å². The molecular formula is C25H19F2N3O. The summed E-state index contributed by atoms with van der Waals surface area (Å²) < 4.78 is 28.2. The summed E-state index contributed by atoms with van der Waals surface area (Å²) in [5, 5.41) is 7.23. The number of carbonyl (C=O) groups excluding carboxylic acids is 1. The van der Waals surface area contributed by atoms with Crippen LogP contribution in [-0.2, 0) is 4.79 Å². The zero-order valence-electron chi connectivity index (χ0n) is 16.7. The number of carbonyl (C=O) groups is 1. The van der Waals surface area contributed by atoms with Crippen LogP contribution >= 0.6 is 0 Å². The first-order valence-electron chi connectivity index (χ1n) is 9.66. The van der Waals surface area contributed by atoms with Gasteiger partial charge in [0.15, 0.2) is 11.6 Å². The SMILES string of the molecule is Cc1ccc(-c2nn(-c3ccccc3)cc2/C=C/C(=O)Nc2ccc(F)c(F)c2)cc1. The summed E-state index contributed by atoms with van der Waals surface area (Å²) >= 11 is 0. The van der Waals surface area contributed by atoms with Gasteiger partial charge in [-0.2, -0.15) is 5.10 Å². The number of aryl methyl sites for hydroxylation is 1. The molecule has 1 heterocycles. The Bertz CT molecular complexity index is 1250. The molecule has 0 unspecified atom stereocenters. The number of aromatic nitrogens is 2. The lowest BCUT2D eigenvalue weighted by Gasteiger charge is -2.03. The lowest BCUT2D eigenvalue weighted by Crippen LogP contribution is -2.08. The summed E-state index contributed by atoms with van der Waals surface area (Å²) in [4.78, 5) is 12.3. The molecule has 0 saturated carbocycles. The maximum Gasteiger partial charge on any atom is 0.248 e. The second kappa shape index (κ2) is 8.75. The number of nitrogens with one attached hydrogen (secondary N) is 1. The first-order valence-corrected chi connectivity index (χ1v) is 9.66. The highest BCUT2D eigenvalue weighted by Crippen LogP contribution is 2.25. The molecule has 4 rings (SSSR count). The summed E-state index contributed by atoms with van der Waals surface area (Å²) in [6, 6.07) is 20.8. The summed E-state index contributed by atoms with van der Waals surface area (Å²) in [5.41, 5.74) is 4.58. The number of para-hydroxylation sites is 1. The van der Waals surface area contributed by atoms with E-state index in [1.54, 1.807) is 10.8 Å². The molecule has 0 saturated heterocycles. The molecule has 0 aliphatic heterocycles. The Hall–Kier alpha value is -4.06. The number of anilines is 1. The van der Waals surface area contributed by atoms with Crippen LogP contribution < -0.4 is 5.32 Å². The number of hydrogen-bond donors (Lipinski definition) is 1. The second-order valence-electron chi connectivity index (χ2n) is 7.03. The van der Waals surface area contributed by atoms with Crippen molar-refractivity contribution in [3.63, 3.8) is 0 Å². The topological polar surface area (TPSA) is 46.9 Å². The van der Waals surface area contributed by atoms with Crippen molar-refractivity contribution in [3.05, 3.63) is 108 Å². The van der Waals surface area contributed by atoms with Gasteiger partial charge in [0.2, 0.25) is 5.91 Å². The first-order chi connectivity index (χ1) is 15.0. The molecule has 1 N–H and O–H groups in total. The number of benzene rings is 3. The normalized spacial score (nSPS) is 11.1. The largest absolute Gasteiger partial charge is 0.322 e. The van der Waals surface area contributed by atoms with Crippen LogP contribution in [0.15, 0.2) is 85.1 Å². The van der Waals surface area contributed by atoms with E-state index in [0.29, 0.717) is 0 Å². The fourth-order valence-electron chi connectivity index (χ4n) is 3.08. The average molecular weight is 415 g/mol. The maximum absolute atomic E-state index is 13.4. The summed E-state index contributed by atoms with van der Waals surface area (Å²) in [6.07, 6.45) is 4.83. The zero-order valence-corrected chi connectivity index (χ0v) is 16.7. The van der Waals surface area contributed by atoms with Gasteiger partial charge in [-0.25, -0.2) is 13.5 Å². The predicted molar refractivity (Wildman–Crippen MR) is 118 cm³/mol. The lowest BCUT2D eigenvalue weighted by atomic mass is 10.1.